The molecule has 5 heterocycles. The van der Waals surface area contributed by atoms with Gasteiger partial charge in [-0.25, -0.2) is 15.0 Å². The van der Waals surface area contributed by atoms with Crippen molar-refractivity contribution in [3.63, 3.8) is 0 Å². The normalized spacial score (nSPS) is 13.0. The topological polar surface area (TPSA) is 53.5 Å². The molecule has 14 aromatic rings. The average molecular weight is 909 g/mol. The Bertz CT molecular complexity index is 4150. The van der Waals surface area contributed by atoms with E-state index in [2.05, 4.69) is 219 Å². The van der Waals surface area contributed by atoms with Gasteiger partial charge in [0, 0.05) is 65.7 Å². The standard InChI is InChI=1S/C63H40N6Si/c1-6-20-41(21-7-1)44-38-45(63-65-61(42-22-8-2-9-23-42)64-62(66-63)43-24-10-3-11-25-43)40-46(39-44)67-55-36-34-51-49-30-16-18-32-53(49)68-59(51)57(55)58-56(67)37-35-52-50-31-17-19-33-54(50)69(60(52)58)70(68,47-26-12-4-13-27-47)48-28-14-5-15-29-48/h1-40H. The minimum atomic E-state index is -3.29. The zero-order valence-corrected chi connectivity index (χ0v) is 38.8. The highest BCUT2D eigenvalue weighted by Crippen LogP contribution is 2.49. The number of benzene rings is 10. The Hall–Kier alpha value is -9.17. The number of hydrogen-bond donors (Lipinski definition) is 0. The van der Waals surface area contributed by atoms with E-state index in [4.69, 9.17) is 15.0 Å². The molecule has 0 amide bonds. The second-order valence-electron chi connectivity index (χ2n) is 18.3. The highest BCUT2D eigenvalue weighted by Gasteiger charge is 2.49. The number of hydrogen-bond acceptors (Lipinski definition) is 3. The average Bonchev–Trinajstić information content (AvgIpc) is 4.06. The molecule has 326 valence electrons. The van der Waals surface area contributed by atoms with Crippen molar-refractivity contribution in [1.29, 1.82) is 0 Å². The van der Waals surface area contributed by atoms with Crippen LogP contribution in [0.25, 0.3) is 116 Å². The van der Waals surface area contributed by atoms with Crippen molar-refractivity contribution >= 4 is 84.2 Å². The second-order valence-corrected chi connectivity index (χ2v) is 21.7. The summed E-state index contributed by atoms with van der Waals surface area (Å²) >= 11 is 0. The van der Waals surface area contributed by atoms with E-state index in [0.717, 1.165) is 44.5 Å². The molecule has 6 nitrogen and oxygen atoms in total. The first-order chi connectivity index (χ1) is 34.7. The summed E-state index contributed by atoms with van der Waals surface area (Å²) in [5, 5.41) is 10.2. The van der Waals surface area contributed by atoms with Crippen LogP contribution in [0.15, 0.2) is 243 Å². The van der Waals surface area contributed by atoms with Gasteiger partial charge in [0.25, 0.3) is 0 Å². The van der Waals surface area contributed by atoms with Crippen LogP contribution in [0.3, 0.4) is 0 Å². The molecule has 70 heavy (non-hydrogen) atoms. The summed E-state index contributed by atoms with van der Waals surface area (Å²) < 4.78 is 8.13. The monoisotopic (exact) mass is 908 g/mol. The van der Waals surface area contributed by atoms with Gasteiger partial charge in [-0.15, -0.1) is 0 Å². The molecule has 10 aromatic carbocycles. The van der Waals surface area contributed by atoms with Gasteiger partial charge in [0.2, 0.25) is 0 Å². The number of rotatable bonds is 7. The van der Waals surface area contributed by atoms with Gasteiger partial charge in [-0.05, 0) is 64.0 Å². The molecule has 7 heteroatoms. The fraction of sp³-hybridized carbons (Fsp3) is 0. The van der Waals surface area contributed by atoms with E-state index in [0.29, 0.717) is 17.5 Å². The van der Waals surface area contributed by atoms with Crippen LogP contribution in [-0.2, 0) is 0 Å². The maximum absolute atomic E-state index is 5.27. The van der Waals surface area contributed by atoms with E-state index < -0.39 is 8.40 Å². The Morgan fingerprint density at radius 2 is 0.671 bits per heavy atom. The Morgan fingerprint density at radius 3 is 1.14 bits per heavy atom. The van der Waals surface area contributed by atoms with Crippen molar-refractivity contribution in [2.24, 2.45) is 0 Å². The van der Waals surface area contributed by atoms with E-state index in [1.807, 2.05) is 36.4 Å². The predicted octanol–water partition coefficient (Wildman–Crippen LogP) is 13.8. The molecule has 0 fully saturated rings. The van der Waals surface area contributed by atoms with Crippen molar-refractivity contribution < 1.29 is 0 Å². The maximum atomic E-state index is 5.27. The zero-order chi connectivity index (χ0) is 45.9. The Labute approximate surface area is 403 Å². The summed E-state index contributed by atoms with van der Waals surface area (Å²) in [6, 6.07) is 88.3. The smallest absolute Gasteiger partial charge is 0.340 e. The minimum Gasteiger partial charge on any atom is -0.341 e. The van der Waals surface area contributed by atoms with Crippen LogP contribution in [0, 0.1) is 0 Å². The number of nitrogens with zero attached hydrogens (tertiary/aromatic N) is 6. The van der Waals surface area contributed by atoms with Gasteiger partial charge in [-0.1, -0.05) is 200 Å². The molecule has 0 saturated heterocycles. The Morgan fingerprint density at radius 1 is 0.286 bits per heavy atom. The zero-order valence-electron chi connectivity index (χ0n) is 37.8. The van der Waals surface area contributed by atoms with Crippen LogP contribution in [0.2, 0.25) is 0 Å². The maximum Gasteiger partial charge on any atom is 0.340 e. The predicted molar refractivity (Wildman–Crippen MR) is 291 cm³/mol. The first kappa shape index (κ1) is 38.9. The van der Waals surface area contributed by atoms with Crippen LogP contribution in [0.4, 0.5) is 0 Å². The van der Waals surface area contributed by atoms with Gasteiger partial charge in [0.05, 0.1) is 22.1 Å². The molecule has 0 aliphatic carbocycles. The molecule has 1 aliphatic rings. The molecule has 1 aliphatic heterocycles. The van der Waals surface area contributed by atoms with Crippen LogP contribution in [-0.4, -0.2) is 36.4 Å². The molecular formula is C63H40N6Si. The van der Waals surface area contributed by atoms with E-state index >= 15 is 0 Å². The lowest BCUT2D eigenvalue weighted by molar-refractivity contribution is 1.07. The quantitative estimate of drug-likeness (QED) is 0.150. The summed E-state index contributed by atoms with van der Waals surface area (Å²) in [5.41, 5.74) is 13.3. The Balaban J connectivity index is 1.12. The summed E-state index contributed by atoms with van der Waals surface area (Å²) in [6.07, 6.45) is 0. The van der Waals surface area contributed by atoms with Crippen molar-refractivity contribution in [3.05, 3.63) is 243 Å². The van der Waals surface area contributed by atoms with Crippen LogP contribution in [0.1, 0.15) is 0 Å². The molecule has 0 spiro atoms. The van der Waals surface area contributed by atoms with Gasteiger partial charge in [0.1, 0.15) is 0 Å². The highest BCUT2D eigenvalue weighted by molar-refractivity contribution is 7.02. The van der Waals surface area contributed by atoms with Gasteiger partial charge in [0.15, 0.2) is 17.5 Å². The minimum absolute atomic E-state index is 0.611. The van der Waals surface area contributed by atoms with Crippen LogP contribution < -0.4 is 10.4 Å². The molecular weight excluding hydrogens is 869 g/mol. The summed E-state index contributed by atoms with van der Waals surface area (Å²) in [6.45, 7) is 0. The lowest BCUT2D eigenvalue weighted by Crippen LogP contribution is -2.69. The van der Waals surface area contributed by atoms with Gasteiger partial charge < -0.3 is 13.0 Å². The highest BCUT2D eigenvalue weighted by atomic mass is 28.3. The summed E-state index contributed by atoms with van der Waals surface area (Å²) in [7, 11) is -3.29. The fourth-order valence-electron chi connectivity index (χ4n) is 11.8. The number of fused-ring (bicyclic) bond motifs is 6. The SMILES string of the molecule is c1ccc(-c2cc(-c3nc(-c4ccccc4)nc(-c4ccccc4)n3)cc(-n3c4ccc5c6ccccc6n6c5c4c4c3ccc3c5ccccc5n(c34)[Si]6(c3ccccc3)c3ccccc3)c2)cc1. The Kier molecular flexibility index (Phi) is 8.28. The second kappa shape index (κ2) is 14.9. The summed E-state index contributed by atoms with van der Waals surface area (Å²) in [4.78, 5) is 15.6. The molecule has 4 aromatic heterocycles. The van der Waals surface area contributed by atoms with Gasteiger partial charge in [-0.2, -0.15) is 0 Å². The molecule has 0 atom stereocenters. The molecule has 0 saturated carbocycles. The van der Waals surface area contributed by atoms with Gasteiger partial charge >= 0.3 is 8.40 Å². The van der Waals surface area contributed by atoms with E-state index in [-0.39, 0.29) is 0 Å². The lowest BCUT2D eigenvalue weighted by atomic mass is 10.0. The van der Waals surface area contributed by atoms with Crippen molar-refractivity contribution in [2.75, 3.05) is 0 Å². The lowest BCUT2D eigenvalue weighted by Gasteiger charge is -2.37. The number of para-hydroxylation sites is 2. The molecule has 0 unspecified atom stereocenters. The van der Waals surface area contributed by atoms with E-state index in [9.17, 15) is 0 Å². The first-order valence-electron chi connectivity index (χ1n) is 23.9. The van der Waals surface area contributed by atoms with Crippen LogP contribution in [0.5, 0.6) is 0 Å². The summed E-state index contributed by atoms with van der Waals surface area (Å²) in [5.74, 6) is 1.87. The number of aromatic nitrogens is 6. The van der Waals surface area contributed by atoms with Crippen molar-refractivity contribution in [3.8, 4) is 51.0 Å². The third kappa shape index (κ3) is 5.40. The van der Waals surface area contributed by atoms with E-state index in [1.165, 1.54) is 64.8 Å². The fourth-order valence-corrected chi connectivity index (χ4v) is 16.8. The third-order valence-electron chi connectivity index (χ3n) is 14.6. The van der Waals surface area contributed by atoms with Crippen molar-refractivity contribution in [2.45, 2.75) is 0 Å². The first-order valence-corrected chi connectivity index (χ1v) is 25.8. The molecule has 15 rings (SSSR count). The van der Waals surface area contributed by atoms with Crippen LogP contribution >= 0.6 is 0 Å². The molecule has 0 N–H and O–H groups in total. The van der Waals surface area contributed by atoms with Gasteiger partial charge in [-0.3, -0.25) is 0 Å². The van der Waals surface area contributed by atoms with E-state index in [1.54, 1.807) is 0 Å². The largest absolute Gasteiger partial charge is 0.341 e. The third-order valence-corrected chi connectivity index (χ3v) is 19.1. The van der Waals surface area contributed by atoms with Crippen molar-refractivity contribution in [1.82, 2.24) is 28.0 Å². The molecule has 0 radical (unpaired) electrons. The molecule has 0 bridgehead atoms.